The Morgan fingerprint density at radius 3 is 2.29 bits per heavy atom. The molecule has 0 radical (unpaired) electrons. The van der Waals surface area contributed by atoms with Gasteiger partial charge in [0.15, 0.2) is 0 Å². The van der Waals surface area contributed by atoms with Crippen LogP contribution in [0.3, 0.4) is 0 Å². The molecule has 0 aliphatic carbocycles. The molecule has 0 bridgehead atoms. The van der Waals surface area contributed by atoms with Crippen molar-refractivity contribution in [3.05, 3.63) is 18.2 Å². The normalized spacial score (nSPS) is 21.2. The van der Waals surface area contributed by atoms with Gasteiger partial charge in [0.25, 0.3) is 0 Å². The lowest BCUT2D eigenvalue weighted by atomic mass is 9.78. The summed E-state index contributed by atoms with van der Waals surface area (Å²) in [5.74, 6) is 2.41. The van der Waals surface area contributed by atoms with E-state index in [9.17, 15) is 4.39 Å². The van der Waals surface area contributed by atoms with Crippen LogP contribution in [0.1, 0.15) is 25.7 Å². The second-order valence-corrected chi connectivity index (χ2v) is 7.12. The molecule has 4 nitrogen and oxygen atoms in total. The first-order valence-electron chi connectivity index (χ1n) is 9.18. The Bertz CT molecular complexity index is 523. The lowest BCUT2D eigenvalue weighted by Crippen LogP contribution is -2.41. The van der Waals surface area contributed by atoms with E-state index in [1.165, 1.54) is 31.4 Å². The van der Waals surface area contributed by atoms with Crippen LogP contribution in [0.15, 0.2) is 18.2 Å². The van der Waals surface area contributed by atoms with Gasteiger partial charge in [-0.2, -0.15) is 0 Å². The number of halogens is 1. The summed E-state index contributed by atoms with van der Waals surface area (Å²) in [5, 5.41) is 0. The molecule has 0 amide bonds. The summed E-state index contributed by atoms with van der Waals surface area (Å²) in [6.45, 7) is 4.75. The van der Waals surface area contributed by atoms with E-state index in [4.69, 9.17) is 10.5 Å². The summed E-state index contributed by atoms with van der Waals surface area (Å²) in [5.41, 5.74) is 7.81. The van der Waals surface area contributed by atoms with Crippen molar-refractivity contribution in [3.63, 3.8) is 0 Å². The minimum absolute atomic E-state index is 0.214. The van der Waals surface area contributed by atoms with Gasteiger partial charge in [0, 0.05) is 31.4 Å². The van der Waals surface area contributed by atoms with Crippen molar-refractivity contribution in [1.82, 2.24) is 4.90 Å². The number of ether oxygens (including phenoxy) is 1. The van der Waals surface area contributed by atoms with Crippen LogP contribution in [-0.2, 0) is 0 Å². The first-order valence-corrected chi connectivity index (χ1v) is 9.18. The zero-order chi connectivity index (χ0) is 16.9. The number of alkyl halides is 1. The Morgan fingerprint density at radius 1 is 1.08 bits per heavy atom. The smallest absolute Gasteiger partial charge is 0.143 e. The van der Waals surface area contributed by atoms with Crippen LogP contribution in [0.5, 0.6) is 5.75 Å². The van der Waals surface area contributed by atoms with Crippen LogP contribution in [0.2, 0.25) is 0 Å². The fourth-order valence-corrected chi connectivity index (χ4v) is 4.29. The Kier molecular flexibility index (Phi) is 5.82. The summed E-state index contributed by atoms with van der Waals surface area (Å²) >= 11 is 0. The molecular formula is C19H30FN3O. The van der Waals surface area contributed by atoms with Crippen molar-refractivity contribution < 1.29 is 9.13 Å². The molecule has 24 heavy (non-hydrogen) atoms. The second kappa shape index (κ2) is 8.06. The van der Waals surface area contributed by atoms with Crippen molar-refractivity contribution in [2.75, 3.05) is 57.1 Å². The molecule has 2 aliphatic rings. The molecular weight excluding hydrogens is 305 g/mol. The number of benzene rings is 1. The number of anilines is 2. The topological polar surface area (TPSA) is 41.7 Å². The molecule has 0 unspecified atom stereocenters. The Balaban J connectivity index is 1.51. The predicted molar refractivity (Wildman–Crippen MR) is 97.5 cm³/mol. The summed E-state index contributed by atoms with van der Waals surface area (Å²) in [4.78, 5) is 4.71. The zero-order valence-corrected chi connectivity index (χ0v) is 14.7. The molecule has 1 aromatic carbocycles. The molecule has 2 aliphatic heterocycles. The van der Waals surface area contributed by atoms with E-state index in [2.05, 4.69) is 15.9 Å². The highest BCUT2D eigenvalue weighted by Crippen LogP contribution is 2.35. The first kappa shape index (κ1) is 17.3. The number of nitrogens with two attached hydrogens (primary N) is 1. The van der Waals surface area contributed by atoms with Crippen LogP contribution < -0.4 is 15.4 Å². The second-order valence-electron chi connectivity index (χ2n) is 7.12. The molecule has 2 heterocycles. The number of rotatable bonds is 5. The van der Waals surface area contributed by atoms with Gasteiger partial charge in [-0.05, 0) is 62.7 Å². The van der Waals surface area contributed by atoms with Gasteiger partial charge in [0.05, 0.1) is 12.8 Å². The fraction of sp³-hybridized carbons (Fsp3) is 0.684. The van der Waals surface area contributed by atoms with Crippen LogP contribution in [-0.4, -0.2) is 51.4 Å². The van der Waals surface area contributed by atoms with Crippen molar-refractivity contribution >= 4 is 11.4 Å². The lowest BCUT2D eigenvalue weighted by Gasteiger charge is -2.40. The largest absolute Gasteiger partial charge is 0.495 e. The van der Waals surface area contributed by atoms with Gasteiger partial charge in [0.1, 0.15) is 12.4 Å². The minimum Gasteiger partial charge on any atom is -0.495 e. The number of nitrogens with zero attached hydrogens (tertiary/aromatic N) is 2. The molecule has 2 saturated heterocycles. The average molecular weight is 335 g/mol. The summed E-state index contributed by atoms with van der Waals surface area (Å²) in [7, 11) is 1.66. The number of piperidine rings is 2. The van der Waals surface area contributed by atoms with Crippen molar-refractivity contribution in [2.45, 2.75) is 25.7 Å². The van der Waals surface area contributed by atoms with Gasteiger partial charge < -0.3 is 20.3 Å². The third-order valence-electron chi connectivity index (χ3n) is 5.82. The molecule has 0 aromatic heterocycles. The molecule has 134 valence electrons. The third-order valence-corrected chi connectivity index (χ3v) is 5.82. The number of hydrogen-bond acceptors (Lipinski definition) is 4. The Hall–Kier alpha value is -1.49. The van der Waals surface area contributed by atoms with Gasteiger partial charge in [-0.25, -0.2) is 4.39 Å². The average Bonchev–Trinajstić information content (AvgIpc) is 2.63. The highest BCUT2D eigenvalue weighted by atomic mass is 19.1. The van der Waals surface area contributed by atoms with Crippen LogP contribution in [0, 0.1) is 11.8 Å². The monoisotopic (exact) mass is 335 g/mol. The van der Waals surface area contributed by atoms with E-state index >= 15 is 0 Å². The number of methoxy groups -OCH3 is 1. The highest BCUT2D eigenvalue weighted by Gasteiger charge is 2.29. The quantitative estimate of drug-likeness (QED) is 0.839. The van der Waals surface area contributed by atoms with Gasteiger partial charge >= 0.3 is 0 Å². The van der Waals surface area contributed by atoms with E-state index in [1.54, 1.807) is 7.11 Å². The maximum absolute atomic E-state index is 12.4. The summed E-state index contributed by atoms with van der Waals surface area (Å²) < 4.78 is 17.8. The Labute approximate surface area is 144 Å². The summed E-state index contributed by atoms with van der Waals surface area (Å²) in [6.07, 6.45) is 4.97. The maximum Gasteiger partial charge on any atom is 0.143 e. The highest BCUT2D eigenvalue weighted by molar-refractivity contribution is 5.62. The summed E-state index contributed by atoms with van der Waals surface area (Å²) in [6, 6.07) is 6.07. The molecule has 2 fully saturated rings. The van der Waals surface area contributed by atoms with Gasteiger partial charge in [0.2, 0.25) is 0 Å². The van der Waals surface area contributed by atoms with Crippen LogP contribution in [0.4, 0.5) is 15.8 Å². The van der Waals surface area contributed by atoms with Gasteiger partial charge in [-0.15, -0.1) is 0 Å². The number of nitrogen functional groups attached to an aromatic ring is 1. The number of likely N-dealkylation sites (tertiary alicyclic amines) is 1. The van der Waals surface area contributed by atoms with Crippen molar-refractivity contribution in [1.29, 1.82) is 0 Å². The third kappa shape index (κ3) is 3.94. The Morgan fingerprint density at radius 2 is 1.71 bits per heavy atom. The first-order chi connectivity index (χ1) is 11.7. The van der Waals surface area contributed by atoms with E-state index in [0.29, 0.717) is 12.2 Å². The molecule has 0 spiro atoms. The molecule has 1 aromatic rings. The molecule has 5 heteroatoms. The van der Waals surface area contributed by atoms with E-state index in [-0.39, 0.29) is 6.67 Å². The minimum atomic E-state index is -0.214. The molecule has 0 atom stereocenters. The van der Waals surface area contributed by atoms with E-state index in [1.807, 2.05) is 12.1 Å². The van der Waals surface area contributed by atoms with Crippen LogP contribution >= 0.6 is 0 Å². The standard InChI is InChI=1S/C19H30FN3O/c1-24-19-14-17(2-3-18(19)21)23-11-6-16(7-12-23)15-4-9-22(10-5-15)13-8-20/h2-3,14-16H,4-13,21H2,1H3. The van der Waals surface area contributed by atoms with Gasteiger partial charge in [-0.3, -0.25) is 0 Å². The van der Waals surface area contributed by atoms with Crippen LogP contribution in [0.25, 0.3) is 0 Å². The molecule has 2 N–H and O–H groups in total. The predicted octanol–water partition coefficient (Wildman–Crippen LogP) is 3.18. The maximum atomic E-state index is 12.4. The molecule has 3 rings (SSSR count). The lowest BCUT2D eigenvalue weighted by molar-refractivity contribution is 0.128. The van der Waals surface area contributed by atoms with E-state index in [0.717, 1.165) is 43.8 Å². The fourth-order valence-electron chi connectivity index (χ4n) is 4.29. The number of hydrogen-bond donors (Lipinski definition) is 1. The molecule has 0 saturated carbocycles. The van der Waals surface area contributed by atoms with Gasteiger partial charge in [-0.1, -0.05) is 0 Å². The SMILES string of the molecule is COc1cc(N2CCC(C3CCN(CCF)CC3)CC2)ccc1N. The van der Waals surface area contributed by atoms with Crippen molar-refractivity contribution in [2.24, 2.45) is 11.8 Å². The van der Waals surface area contributed by atoms with Crippen molar-refractivity contribution in [3.8, 4) is 5.75 Å². The van der Waals surface area contributed by atoms with E-state index < -0.39 is 0 Å². The zero-order valence-electron chi connectivity index (χ0n) is 14.7.